The van der Waals surface area contributed by atoms with Crippen molar-refractivity contribution in [3.63, 3.8) is 0 Å². The van der Waals surface area contributed by atoms with Crippen molar-refractivity contribution in [1.29, 1.82) is 0 Å². The van der Waals surface area contributed by atoms with E-state index in [4.69, 9.17) is 0 Å². The lowest BCUT2D eigenvalue weighted by molar-refractivity contribution is 0.0722. The predicted molar refractivity (Wildman–Crippen MR) is 29.5 cm³/mol. The minimum absolute atomic E-state index is 0.169. The molecule has 49 valence electrons. The molecule has 0 atom stereocenters. The summed E-state index contributed by atoms with van der Waals surface area (Å²) in [6, 6.07) is 0. The van der Waals surface area contributed by atoms with Gasteiger partial charge in [0.05, 0.1) is 6.61 Å². The first-order valence-corrected chi connectivity index (χ1v) is 2.74. The number of halogens is 1. The molecule has 4 heteroatoms. The number of carbonyl (C=O) groups excluding carboxylic acids is 1. The Labute approximate surface area is 53.2 Å². The molecular weight excluding hydrogens is 131 g/mol. The SMILES string of the molecule is CCOC([O])=O.CCl. The molecule has 0 amide bonds. The van der Waals surface area contributed by atoms with Crippen LogP contribution < -0.4 is 0 Å². The number of alkyl halides is 1. The van der Waals surface area contributed by atoms with Crippen molar-refractivity contribution in [1.82, 2.24) is 0 Å². The fraction of sp³-hybridized carbons (Fsp3) is 0.750. The first kappa shape index (κ1) is 10.5. The lowest BCUT2D eigenvalue weighted by Crippen LogP contribution is -1.95. The molecule has 0 rings (SSSR count). The molecule has 0 saturated carbocycles. The van der Waals surface area contributed by atoms with Crippen molar-refractivity contribution in [3.8, 4) is 0 Å². The van der Waals surface area contributed by atoms with Gasteiger partial charge in [-0.3, -0.25) is 0 Å². The Morgan fingerprint density at radius 3 is 2.00 bits per heavy atom. The van der Waals surface area contributed by atoms with Crippen LogP contribution in [0.3, 0.4) is 0 Å². The maximum absolute atomic E-state index is 9.27. The molecule has 0 aromatic carbocycles. The maximum Gasteiger partial charge on any atom is 0.549 e. The van der Waals surface area contributed by atoms with Crippen LogP contribution in [-0.4, -0.2) is 19.1 Å². The van der Waals surface area contributed by atoms with Crippen LogP contribution in [0.25, 0.3) is 0 Å². The average Bonchev–Trinajstić information content (AvgIpc) is 1.72. The Bertz CT molecular complexity index is 55.2. The summed E-state index contributed by atoms with van der Waals surface area (Å²) >= 11 is 4.64. The van der Waals surface area contributed by atoms with Gasteiger partial charge in [0.15, 0.2) is 0 Å². The summed E-state index contributed by atoms with van der Waals surface area (Å²) in [5.74, 6) is 0. The van der Waals surface area contributed by atoms with Crippen LogP contribution in [0.5, 0.6) is 0 Å². The first-order chi connectivity index (χ1) is 3.77. The molecule has 0 heterocycles. The van der Waals surface area contributed by atoms with Gasteiger partial charge in [-0.1, -0.05) is 0 Å². The van der Waals surface area contributed by atoms with E-state index >= 15 is 0 Å². The third-order valence-electron chi connectivity index (χ3n) is 0.262. The van der Waals surface area contributed by atoms with Gasteiger partial charge in [-0.15, -0.1) is 11.6 Å². The molecule has 0 aromatic heterocycles. The second-order valence-electron chi connectivity index (χ2n) is 0.683. The van der Waals surface area contributed by atoms with E-state index in [2.05, 4.69) is 16.3 Å². The monoisotopic (exact) mass is 139 g/mol. The minimum atomic E-state index is -1.46. The van der Waals surface area contributed by atoms with Crippen LogP contribution in [0.2, 0.25) is 0 Å². The lowest BCUT2D eigenvalue weighted by atomic mass is 10.9. The fourth-order valence-electron chi connectivity index (χ4n) is 0.118. The number of hydrogen-bond donors (Lipinski definition) is 0. The summed E-state index contributed by atoms with van der Waals surface area (Å²) < 4.78 is 3.85. The topological polar surface area (TPSA) is 46.2 Å². The molecule has 8 heavy (non-hydrogen) atoms. The Morgan fingerprint density at radius 1 is 1.62 bits per heavy atom. The quantitative estimate of drug-likeness (QED) is 0.408. The van der Waals surface area contributed by atoms with Gasteiger partial charge in [0.2, 0.25) is 0 Å². The van der Waals surface area contributed by atoms with Crippen molar-refractivity contribution in [2.75, 3.05) is 13.0 Å². The standard InChI is InChI=1S/C3H5O3.CH3Cl/c1-2-6-3(4)5;1-2/h2H2,1H3;1H3. The normalized spacial score (nSPS) is 6.38. The van der Waals surface area contributed by atoms with Gasteiger partial charge in [0.25, 0.3) is 0 Å². The van der Waals surface area contributed by atoms with Crippen LogP contribution in [0.4, 0.5) is 4.79 Å². The third-order valence-corrected chi connectivity index (χ3v) is 0.262. The molecule has 3 nitrogen and oxygen atoms in total. The number of rotatable bonds is 1. The highest BCUT2D eigenvalue weighted by Gasteiger charge is 1.91. The first-order valence-electron chi connectivity index (χ1n) is 1.99. The van der Waals surface area contributed by atoms with E-state index < -0.39 is 6.16 Å². The molecule has 0 saturated heterocycles. The number of hydrogen-bond acceptors (Lipinski definition) is 2. The van der Waals surface area contributed by atoms with Crippen molar-refractivity contribution >= 4 is 17.8 Å². The van der Waals surface area contributed by atoms with Crippen molar-refractivity contribution in [2.45, 2.75) is 6.92 Å². The van der Waals surface area contributed by atoms with E-state index in [1.807, 2.05) is 0 Å². The summed E-state index contributed by atoms with van der Waals surface area (Å²) in [5, 5.41) is 9.27. The molecule has 0 aromatic rings. The van der Waals surface area contributed by atoms with Crippen LogP contribution in [0.1, 0.15) is 6.92 Å². The van der Waals surface area contributed by atoms with Crippen molar-refractivity contribution in [3.05, 3.63) is 0 Å². The second kappa shape index (κ2) is 9.75. The van der Waals surface area contributed by atoms with Crippen LogP contribution in [0.15, 0.2) is 0 Å². The zero-order chi connectivity index (χ0) is 6.99. The summed E-state index contributed by atoms with van der Waals surface area (Å²) in [6.45, 7) is 1.75. The molecule has 0 N–H and O–H groups in total. The summed E-state index contributed by atoms with van der Waals surface area (Å²) in [7, 11) is 0. The largest absolute Gasteiger partial charge is 0.549 e. The van der Waals surface area contributed by atoms with Gasteiger partial charge < -0.3 is 4.74 Å². The molecular formula is C4H8ClO3. The average molecular weight is 140 g/mol. The lowest BCUT2D eigenvalue weighted by Gasteiger charge is -1.84. The predicted octanol–water partition coefficient (Wildman–Crippen LogP) is 1.43. The van der Waals surface area contributed by atoms with Gasteiger partial charge in [-0.2, -0.15) is 9.90 Å². The second-order valence-corrected chi connectivity index (χ2v) is 0.683. The van der Waals surface area contributed by atoms with Crippen LogP contribution >= 0.6 is 11.6 Å². The molecule has 0 fully saturated rings. The molecule has 0 unspecified atom stereocenters. The third kappa shape index (κ3) is 17.6. The zero-order valence-corrected chi connectivity index (χ0v) is 5.57. The molecule has 0 aliphatic heterocycles. The molecule has 0 aliphatic rings. The molecule has 0 aliphatic carbocycles. The van der Waals surface area contributed by atoms with E-state index in [0.29, 0.717) is 0 Å². The van der Waals surface area contributed by atoms with Gasteiger partial charge in [-0.25, -0.2) is 0 Å². The highest BCUT2D eigenvalue weighted by atomic mass is 35.5. The molecule has 0 spiro atoms. The highest BCUT2D eigenvalue weighted by Crippen LogP contribution is 1.70. The maximum atomic E-state index is 9.27. The summed E-state index contributed by atoms with van der Waals surface area (Å²) in [6.07, 6.45) is 0.0116. The van der Waals surface area contributed by atoms with E-state index in [1.54, 1.807) is 6.92 Å². The number of carbonyl (C=O) groups is 1. The zero-order valence-electron chi connectivity index (χ0n) is 4.81. The van der Waals surface area contributed by atoms with E-state index in [1.165, 1.54) is 6.38 Å². The van der Waals surface area contributed by atoms with Gasteiger partial charge in [0.1, 0.15) is 0 Å². The van der Waals surface area contributed by atoms with Gasteiger partial charge in [-0.05, 0) is 6.92 Å². The summed E-state index contributed by atoms with van der Waals surface area (Å²) in [5.41, 5.74) is 0. The van der Waals surface area contributed by atoms with Crippen molar-refractivity contribution in [2.24, 2.45) is 0 Å². The van der Waals surface area contributed by atoms with Crippen molar-refractivity contribution < 1.29 is 14.6 Å². The molecule has 1 radical (unpaired) electrons. The smallest absolute Gasteiger partial charge is 0.432 e. The van der Waals surface area contributed by atoms with Gasteiger partial charge in [0, 0.05) is 6.38 Å². The molecule has 0 bridgehead atoms. The van der Waals surface area contributed by atoms with Crippen LogP contribution in [-0.2, 0) is 9.84 Å². The number of ether oxygens (including phenoxy) is 1. The Balaban J connectivity index is 0. The summed E-state index contributed by atoms with van der Waals surface area (Å²) in [4.78, 5) is 9.27. The highest BCUT2D eigenvalue weighted by molar-refractivity contribution is 6.15. The Kier molecular flexibility index (Phi) is 12.8. The van der Waals surface area contributed by atoms with E-state index in [-0.39, 0.29) is 6.61 Å². The van der Waals surface area contributed by atoms with E-state index in [9.17, 15) is 9.90 Å². The Hall–Kier alpha value is -0.440. The Morgan fingerprint density at radius 2 is 2.00 bits per heavy atom. The van der Waals surface area contributed by atoms with Crippen LogP contribution in [0, 0.1) is 0 Å². The van der Waals surface area contributed by atoms with E-state index in [0.717, 1.165) is 0 Å². The van der Waals surface area contributed by atoms with Gasteiger partial charge >= 0.3 is 6.16 Å². The minimum Gasteiger partial charge on any atom is -0.432 e. The fourth-order valence-corrected chi connectivity index (χ4v) is 0.118.